The summed E-state index contributed by atoms with van der Waals surface area (Å²) in [6.07, 6.45) is 0.434. The molecule has 1 aromatic carbocycles. The van der Waals surface area contributed by atoms with E-state index in [-0.39, 0.29) is 5.97 Å². The van der Waals surface area contributed by atoms with Crippen LogP contribution in [0.25, 0.3) is 0 Å². The van der Waals surface area contributed by atoms with Crippen LogP contribution in [0.5, 0.6) is 5.75 Å². The summed E-state index contributed by atoms with van der Waals surface area (Å²) in [5.41, 5.74) is 0.985. The third-order valence-electron chi connectivity index (χ3n) is 3.54. The molecule has 1 heterocycles. The Labute approximate surface area is 113 Å². The van der Waals surface area contributed by atoms with Crippen molar-refractivity contribution in [3.05, 3.63) is 29.3 Å². The Hall–Kier alpha value is -1.55. The van der Waals surface area contributed by atoms with E-state index >= 15 is 0 Å². The molecular formula is C15H20O4. The first-order valence-corrected chi connectivity index (χ1v) is 6.59. The smallest absolute Gasteiger partial charge is 0.353 e. The summed E-state index contributed by atoms with van der Waals surface area (Å²) in [5.74, 6) is 0.321. The van der Waals surface area contributed by atoms with E-state index < -0.39 is 11.7 Å². The van der Waals surface area contributed by atoms with Crippen LogP contribution in [0.3, 0.4) is 0 Å². The van der Waals surface area contributed by atoms with Crippen molar-refractivity contribution in [2.75, 3.05) is 13.7 Å². The molecule has 1 aliphatic heterocycles. The Morgan fingerprint density at radius 2 is 2.16 bits per heavy atom. The SMILES string of the molecule is CCOC(=O)C1(C)Oc2cccc(CC)c2C1OC. The minimum atomic E-state index is -1.11. The first kappa shape index (κ1) is 13.9. The van der Waals surface area contributed by atoms with E-state index in [0.29, 0.717) is 12.4 Å². The van der Waals surface area contributed by atoms with Gasteiger partial charge in [0.25, 0.3) is 0 Å². The van der Waals surface area contributed by atoms with E-state index in [9.17, 15) is 4.79 Å². The maximum Gasteiger partial charge on any atom is 0.353 e. The number of fused-ring (bicyclic) bond motifs is 1. The zero-order valence-electron chi connectivity index (χ0n) is 11.9. The molecule has 4 nitrogen and oxygen atoms in total. The number of carbonyl (C=O) groups excluding carboxylic acids is 1. The van der Waals surface area contributed by atoms with Gasteiger partial charge in [-0.3, -0.25) is 0 Å². The lowest BCUT2D eigenvalue weighted by Crippen LogP contribution is -2.45. The zero-order chi connectivity index (χ0) is 14.0. The fourth-order valence-electron chi connectivity index (χ4n) is 2.61. The van der Waals surface area contributed by atoms with Crippen LogP contribution in [0.15, 0.2) is 18.2 Å². The van der Waals surface area contributed by atoms with Crippen molar-refractivity contribution in [2.45, 2.75) is 38.9 Å². The van der Waals surface area contributed by atoms with Gasteiger partial charge in [0.05, 0.1) is 6.61 Å². The summed E-state index contributed by atoms with van der Waals surface area (Å²) in [7, 11) is 1.59. The average Bonchev–Trinajstić information content (AvgIpc) is 2.71. The van der Waals surface area contributed by atoms with Gasteiger partial charge in [0.15, 0.2) is 0 Å². The molecule has 19 heavy (non-hydrogen) atoms. The molecule has 0 fully saturated rings. The predicted octanol–water partition coefficient (Wildman–Crippen LogP) is 2.65. The van der Waals surface area contributed by atoms with Gasteiger partial charge in [0.2, 0.25) is 5.60 Å². The van der Waals surface area contributed by atoms with Crippen molar-refractivity contribution in [3.8, 4) is 5.75 Å². The van der Waals surface area contributed by atoms with E-state index in [2.05, 4.69) is 6.92 Å². The Morgan fingerprint density at radius 1 is 1.42 bits per heavy atom. The highest BCUT2D eigenvalue weighted by atomic mass is 16.6. The van der Waals surface area contributed by atoms with Crippen LogP contribution < -0.4 is 4.74 Å². The van der Waals surface area contributed by atoms with Crippen molar-refractivity contribution in [3.63, 3.8) is 0 Å². The summed E-state index contributed by atoms with van der Waals surface area (Å²) in [6, 6.07) is 5.83. The predicted molar refractivity (Wildman–Crippen MR) is 71.2 cm³/mol. The zero-order valence-corrected chi connectivity index (χ0v) is 11.9. The van der Waals surface area contributed by atoms with Gasteiger partial charge in [0.1, 0.15) is 11.9 Å². The average molecular weight is 264 g/mol. The lowest BCUT2D eigenvalue weighted by Gasteiger charge is -2.27. The fourth-order valence-corrected chi connectivity index (χ4v) is 2.61. The number of aryl methyl sites for hydroxylation is 1. The molecule has 0 N–H and O–H groups in total. The van der Waals surface area contributed by atoms with Gasteiger partial charge >= 0.3 is 5.97 Å². The maximum absolute atomic E-state index is 12.2. The molecule has 0 aliphatic carbocycles. The van der Waals surface area contributed by atoms with Crippen molar-refractivity contribution >= 4 is 5.97 Å². The lowest BCUT2D eigenvalue weighted by molar-refractivity contribution is -0.169. The Morgan fingerprint density at radius 3 is 2.74 bits per heavy atom. The number of ether oxygens (including phenoxy) is 3. The van der Waals surface area contributed by atoms with Crippen LogP contribution in [0.4, 0.5) is 0 Å². The van der Waals surface area contributed by atoms with Crippen LogP contribution in [-0.4, -0.2) is 25.3 Å². The number of hydrogen-bond donors (Lipinski definition) is 0. The molecule has 2 rings (SSSR count). The van der Waals surface area contributed by atoms with E-state index in [1.165, 1.54) is 0 Å². The Balaban J connectivity index is 2.46. The van der Waals surface area contributed by atoms with Crippen LogP contribution in [0.1, 0.15) is 38.0 Å². The largest absolute Gasteiger partial charge is 0.472 e. The molecule has 0 radical (unpaired) electrons. The Bertz CT molecular complexity index is 483. The number of hydrogen-bond acceptors (Lipinski definition) is 4. The highest BCUT2D eigenvalue weighted by molar-refractivity contribution is 5.82. The molecule has 104 valence electrons. The van der Waals surface area contributed by atoms with Crippen molar-refractivity contribution in [2.24, 2.45) is 0 Å². The Kier molecular flexibility index (Phi) is 3.80. The number of methoxy groups -OCH3 is 1. The van der Waals surface area contributed by atoms with E-state index in [1.54, 1.807) is 21.0 Å². The quantitative estimate of drug-likeness (QED) is 0.784. The molecule has 0 saturated carbocycles. The monoisotopic (exact) mass is 264 g/mol. The van der Waals surface area contributed by atoms with Crippen molar-refractivity contribution in [1.29, 1.82) is 0 Å². The topological polar surface area (TPSA) is 44.8 Å². The van der Waals surface area contributed by atoms with E-state index in [0.717, 1.165) is 17.5 Å². The van der Waals surface area contributed by atoms with Gasteiger partial charge < -0.3 is 14.2 Å². The fraction of sp³-hybridized carbons (Fsp3) is 0.533. The molecule has 2 unspecified atom stereocenters. The molecule has 0 spiro atoms. The highest BCUT2D eigenvalue weighted by Gasteiger charge is 2.53. The molecule has 1 aliphatic rings. The number of rotatable bonds is 4. The van der Waals surface area contributed by atoms with Crippen LogP contribution in [0.2, 0.25) is 0 Å². The molecule has 0 amide bonds. The first-order chi connectivity index (χ1) is 9.08. The minimum absolute atomic E-state index is 0.325. The summed E-state index contributed by atoms with van der Waals surface area (Å²) >= 11 is 0. The van der Waals surface area contributed by atoms with Gasteiger partial charge in [-0.15, -0.1) is 0 Å². The minimum Gasteiger partial charge on any atom is -0.472 e. The molecule has 2 atom stereocenters. The number of carbonyl (C=O) groups is 1. The van der Waals surface area contributed by atoms with Crippen LogP contribution in [0, 0.1) is 0 Å². The molecule has 0 bridgehead atoms. The van der Waals surface area contributed by atoms with Gasteiger partial charge in [-0.05, 0) is 31.9 Å². The molecule has 4 heteroatoms. The molecular weight excluding hydrogens is 244 g/mol. The van der Waals surface area contributed by atoms with E-state index in [1.807, 2.05) is 18.2 Å². The second-order valence-electron chi connectivity index (χ2n) is 4.73. The lowest BCUT2D eigenvalue weighted by atomic mass is 9.91. The standard InChI is InChI=1S/C15H20O4/c1-5-10-8-7-9-11-12(10)13(17-4)15(3,19-11)14(16)18-6-2/h7-9,13H,5-6H2,1-4H3. The summed E-state index contributed by atoms with van der Waals surface area (Å²) < 4.78 is 16.5. The van der Waals surface area contributed by atoms with Crippen molar-refractivity contribution in [1.82, 2.24) is 0 Å². The van der Waals surface area contributed by atoms with E-state index in [4.69, 9.17) is 14.2 Å². The summed E-state index contributed by atoms with van der Waals surface area (Å²) in [4.78, 5) is 12.2. The first-order valence-electron chi connectivity index (χ1n) is 6.59. The second-order valence-corrected chi connectivity index (χ2v) is 4.73. The second kappa shape index (κ2) is 5.21. The number of benzene rings is 1. The third-order valence-corrected chi connectivity index (χ3v) is 3.54. The summed E-state index contributed by atoms with van der Waals surface area (Å²) in [5, 5.41) is 0. The van der Waals surface area contributed by atoms with Gasteiger partial charge in [-0.2, -0.15) is 0 Å². The molecule has 1 aromatic rings. The van der Waals surface area contributed by atoms with Gasteiger partial charge in [-0.25, -0.2) is 4.79 Å². The third kappa shape index (κ3) is 2.10. The molecule has 0 aromatic heterocycles. The summed E-state index contributed by atoms with van der Waals surface area (Å²) in [6.45, 7) is 5.90. The highest BCUT2D eigenvalue weighted by Crippen LogP contribution is 2.47. The number of esters is 1. The van der Waals surface area contributed by atoms with Crippen LogP contribution in [-0.2, 0) is 20.7 Å². The van der Waals surface area contributed by atoms with Crippen LogP contribution >= 0.6 is 0 Å². The maximum atomic E-state index is 12.2. The normalized spacial score (nSPS) is 24.7. The van der Waals surface area contributed by atoms with Gasteiger partial charge in [0, 0.05) is 12.7 Å². The molecule has 0 saturated heterocycles. The van der Waals surface area contributed by atoms with Crippen molar-refractivity contribution < 1.29 is 19.0 Å². The van der Waals surface area contributed by atoms with Gasteiger partial charge in [-0.1, -0.05) is 19.1 Å².